The van der Waals surface area contributed by atoms with Crippen molar-refractivity contribution in [2.24, 2.45) is 5.41 Å². The highest BCUT2D eigenvalue weighted by molar-refractivity contribution is 7.89. The molecule has 1 aromatic heterocycles. The average molecular weight is 455 g/mol. The maximum absolute atomic E-state index is 13.1. The van der Waals surface area contributed by atoms with E-state index in [4.69, 9.17) is 0 Å². The van der Waals surface area contributed by atoms with Crippen LogP contribution in [0.4, 0.5) is 5.69 Å². The van der Waals surface area contributed by atoms with Crippen LogP contribution in [0.1, 0.15) is 51.8 Å². The number of nitrogens with one attached hydrogen (secondary N) is 2. The summed E-state index contributed by atoms with van der Waals surface area (Å²) in [7, 11) is -3.58. The molecule has 7 nitrogen and oxygen atoms in total. The summed E-state index contributed by atoms with van der Waals surface area (Å²) in [6.07, 6.45) is 1.84. The highest BCUT2D eigenvalue weighted by Gasteiger charge is 2.31. The Morgan fingerprint density at radius 3 is 2.38 bits per heavy atom. The summed E-state index contributed by atoms with van der Waals surface area (Å²) in [5.74, 6) is 1.06. The molecule has 0 unspecified atom stereocenters. The number of hydrogen-bond acceptors (Lipinski definition) is 4. The van der Waals surface area contributed by atoms with Crippen molar-refractivity contribution in [2.75, 3.05) is 18.4 Å². The maximum atomic E-state index is 13.1. The Labute approximate surface area is 189 Å². The lowest BCUT2D eigenvalue weighted by Gasteiger charge is -2.30. The van der Waals surface area contributed by atoms with Crippen molar-refractivity contribution in [3.05, 3.63) is 54.4 Å². The monoisotopic (exact) mass is 454 g/mol. The molecule has 170 valence electrons. The van der Waals surface area contributed by atoms with Gasteiger partial charge in [0, 0.05) is 31.1 Å². The second-order valence-corrected chi connectivity index (χ2v) is 11.6. The van der Waals surface area contributed by atoms with Crippen LogP contribution in [0, 0.1) is 5.41 Å². The van der Waals surface area contributed by atoms with Gasteiger partial charge < -0.3 is 10.3 Å². The molecule has 2 N–H and O–H groups in total. The molecule has 32 heavy (non-hydrogen) atoms. The summed E-state index contributed by atoms with van der Waals surface area (Å²) in [5, 5.41) is 2.83. The second kappa shape index (κ2) is 8.67. The van der Waals surface area contributed by atoms with Crippen LogP contribution >= 0.6 is 0 Å². The van der Waals surface area contributed by atoms with Gasteiger partial charge in [-0.05, 0) is 54.7 Å². The van der Waals surface area contributed by atoms with E-state index < -0.39 is 10.0 Å². The van der Waals surface area contributed by atoms with Gasteiger partial charge in [0.25, 0.3) is 0 Å². The van der Waals surface area contributed by atoms with Crippen LogP contribution in [0.5, 0.6) is 0 Å². The number of nitrogens with zero attached hydrogens (tertiary/aromatic N) is 2. The number of benzene rings is 2. The summed E-state index contributed by atoms with van der Waals surface area (Å²) in [6.45, 7) is 6.90. The second-order valence-electron chi connectivity index (χ2n) is 9.63. The molecule has 0 spiro atoms. The van der Waals surface area contributed by atoms with Crippen LogP contribution in [0.3, 0.4) is 0 Å². The first-order chi connectivity index (χ1) is 15.1. The van der Waals surface area contributed by atoms with Crippen molar-refractivity contribution in [1.82, 2.24) is 14.3 Å². The predicted octanol–water partition coefficient (Wildman–Crippen LogP) is 4.51. The lowest BCUT2D eigenvalue weighted by molar-refractivity contribution is -0.117. The highest BCUT2D eigenvalue weighted by atomic mass is 32.2. The van der Waals surface area contributed by atoms with Gasteiger partial charge in [-0.3, -0.25) is 4.79 Å². The minimum Gasteiger partial charge on any atom is -0.342 e. The summed E-state index contributed by atoms with van der Waals surface area (Å²) in [5.41, 5.74) is 2.43. The number of aromatic nitrogens is 2. The van der Waals surface area contributed by atoms with Crippen LogP contribution < -0.4 is 5.32 Å². The molecule has 1 saturated heterocycles. The topological polar surface area (TPSA) is 95.2 Å². The van der Waals surface area contributed by atoms with Gasteiger partial charge in [-0.1, -0.05) is 32.9 Å². The van der Waals surface area contributed by atoms with Gasteiger partial charge in [0.2, 0.25) is 15.9 Å². The number of sulfonamides is 1. The molecule has 0 bridgehead atoms. The van der Waals surface area contributed by atoms with Crippen molar-refractivity contribution in [3.63, 3.8) is 0 Å². The standard InChI is InChI=1S/C24H30N4O3S/c1-24(2,3)16-22(29)25-18-8-10-19(11-9-18)32(30,31)28-14-12-17(13-15-28)23-26-20-6-4-5-7-21(20)27-23/h4-11,17H,12-16H2,1-3H3,(H,25,29)(H,26,27). The number of rotatable bonds is 5. The van der Waals surface area contributed by atoms with E-state index >= 15 is 0 Å². The van der Waals surface area contributed by atoms with E-state index in [1.54, 1.807) is 28.6 Å². The molecule has 1 aliphatic heterocycles. The summed E-state index contributed by atoms with van der Waals surface area (Å²) < 4.78 is 27.8. The van der Waals surface area contributed by atoms with Gasteiger partial charge in [0.05, 0.1) is 15.9 Å². The van der Waals surface area contributed by atoms with Gasteiger partial charge in [-0.25, -0.2) is 13.4 Å². The Kier molecular flexibility index (Phi) is 6.09. The quantitative estimate of drug-likeness (QED) is 0.593. The van der Waals surface area contributed by atoms with E-state index in [2.05, 4.69) is 15.3 Å². The van der Waals surface area contributed by atoms with E-state index in [9.17, 15) is 13.2 Å². The third kappa shape index (κ3) is 5.02. The van der Waals surface area contributed by atoms with Crippen LogP contribution in [0.15, 0.2) is 53.4 Å². The fourth-order valence-corrected chi connectivity index (χ4v) is 5.55. The van der Waals surface area contributed by atoms with Crippen LogP contribution in [-0.4, -0.2) is 41.7 Å². The lowest BCUT2D eigenvalue weighted by Crippen LogP contribution is -2.38. The molecule has 8 heteroatoms. The van der Waals surface area contributed by atoms with Gasteiger partial charge in [-0.2, -0.15) is 4.31 Å². The zero-order valence-corrected chi connectivity index (χ0v) is 19.6. The number of amides is 1. The predicted molar refractivity (Wildman–Crippen MR) is 126 cm³/mol. The van der Waals surface area contributed by atoms with E-state index in [1.807, 2.05) is 45.0 Å². The SMILES string of the molecule is CC(C)(C)CC(=O)Nc1ccc(S(=O)(=O)N2CCC(c3nc4ccccc4[nH]3)CC2)cc1. The minimum atomic E-state index is -3.58. The number of anilines is 1. The molecule has 0 radical (unpaired) electrons. The molecule has 1 fully saturated rings. The summed E-state index contributed by atoms with van der Waals surface area (Å²) in [6, 6.07) is 14.3. The molecular weight excluding hydrogens is 424 g/mol. The molecule has 1 amide bonds. The lowest BCUT2D eigenvalue weighted by atomic mass is 9.92. The molecule has 0 atom stereocenters. The zero-order valence-electron chi connectivity index (χ0n) is 18.8. The zero-order chi connectivity index (χ0) is 22.9. The molecule has 2 aromatic carbocycles. The number of hydrogen-bond donors (Lipinski definition) is 2. The Balaban J connectivity index is 1.39. The number of carbonyl (C=O) groups is 1. The smallest absolute Gasteiger partial charge is 0.243 e. The van der Waals surface area contributed by atoms with Crippen molar-refractivity contribution < 1.29 is 13.2 Å². The van der Waals surface area contributed by atoms with Crippen molar-refractivity contribution in [1.29, 1.82) is 0 Å². The van der Waals surface area contributed by atoms with Crippen molar-refractivity contribution in [2.45, 2.75) is 50.8 Å². The van der Waals surface area contributed by atoms with Gasteiger partial charge in [0.1, 0.15) is 5.82 Å². The average Bonchev–Trinajstić information content (AvgIpc) is 3.17. The summed E-state index contributed by atoms with van der Waals surface area (Å²) >= 11 is 0. The molecule has 2 heterocycles. The Hall–Kier alpha value is -2.71. The minimum absolute atomic E-state index is 0.0826. The van der Waals surface area contributed by atoms with Gasteiger partial charge >= 0.3 is 0 Å². The van der Waals surface area contributed by atoms with E-state index in [1.165, 1.54) is 0 Å². The summed E-state index contributed by atoms with van der Waals surface area (Å²) in [4.78, 5) is 20.4. The van der Waals surface area contributed by atoms with Crippen molar-refractivity contribution in [3.8, 4) is 0 Å². The van der Waals surface area contributed by atoms with E-state index in [0.29, 0.717) is 25.2 Å². The van der Waals surface area contributed by atoms with Gasteiger partial charge in [0.15, 0.2) is 0 Å². The van der Waals surface area contributed by atoms with Crippen molar-refractivity contribution >= 4 is 32.7 Å². The van der Waals surface area contributed by atoms with Crippen LogP contribution in [0.25, 0.3) is 11.0 Å². The third-order valence-corrected chi connectivity index (χ3v) is 7.63. The fourth-order valence-electron chi connectivity index (χ4n) is 4.08. The van der Waals surface area contributed by atoms with E-state index in [-0.39, 0.29) is 22.1 Å². The highest BCUT2D eigenvalue weighted by Crippen LogP contribution is 2.30. The molecule has 0 saturated carbocycles. The molecule has 4 rings (SSSR count). The molecule has 3 aromatic rings. The Morgan fingerprint density at radius 1 is 1.09 bits per heavy atom. The molecule has 1 aliphatic rings. The third-order valence-electron chi connectivity index (χ3n) is 5.72. The number of para-hydroxylation sites is 2. The Morgan fingerprint density at radius 2 is 1.75 bits per heavy atom. The van der Waals surface area contributed by atoms with Crippen LogP contribution in [0.2, 0.25) is 0 Å². The number of carbonyl (C=O) groups excluding carboxylic acids is 1. The number of fused-ring (bicyclic) bond motifs is 1. The number of H-pyrrole nitrogens is 1. The first kappa shape index (κ1) is 22.5. The largest absolute Gasteiger partial charge is 0.342 e. The number of piperidine rings is 1. The fraction of sp³-hybridized carbons (Fsp3) is 0.417. The molecular formula is C24H30N4O3S. The van der Waals surface area contributed by atoms with Gasteiger partial charge in [-0.15, -0.1) is 0 Å². The Bertz CT molecular complexity index is 1170. The normalized spacial score (nSPS) is 16.3. The van der Waals surface area contributed by atoms with E-state index in [0.717, 1.165) is 29.7 Å². The first-order valence-electron chi connectivity index (χ1n) is 11.0. The number of aromatic amines is 1. The maximum Gasteiger partial charge on any atom is 0.243 e. The molecule has 0 aliphatic carbocycles. The van der Waals surface area contributed by atoms with Crippen LogP contribution in [-0.2, 0) is 14.8 Å². The first-order valence-corrected chi connectivity index (χ1v) is 12.4. The number of imidazole rings is 1.